The zero-order valence-corrected chi connectivity index (χ0v) is 40.7. The van der Waals surface area contributed by atoms with E-state index >= 15 is 0 Å². The van der Waals surface area contributed by atoms with Gasteiger partial charge in [0, 0.05) is 60.0 Å². The molecule has 2 heterocycles. The van der Waals surface area contributed by atoms with Gasteiger partial charge in [-0.1, -0.05) is 85.2 Å². The van der Waals surface area contributed by atoms with Gasteiger partial charge in [-0.15, -0.1) is 0 Å². The Morgan fingerprint density at radius 2 is 1.56 bits per heavy atom. The molecule has 0 bridgehead atoms. The fourth-order valence-electron chi connectivity index (χ4n) is 9.31. The molecule has 64 heavy (non-hydrogen) atoms. The summed E-state index contributed by atoms with van der Waals surface area (Å²) in [4.78, 5) is 113. The number of likely N-dealkylation sites (tertiary alicyclic amines) is 2. The number of benzene rings is 1. The first-order chi connectivity index (χ1) is 30.1. The van der Waals surface area contributed by atoms with Gasteiger partial charge < -0.3 is 34.6 Å². The predicted molar refractivity (Wildman–Crippen MR) is 244 cm³/mol. The zero-order valence-electron chi connectivity index (χ0n) is 39.9. The van der Waals surface area contributed by atoms with Crippen LogP contribution < -0.4 is 5.32 Å². The molecule has 17 heteroatoms. The van der Waals surface area contributed by atoms with Crippen molar-refractivity contribution in [2.24, 2.45) is 29.6 Å². The van der Waals surface area contributed by atoms with Gasteiger partial charge >= 0.3 is 5.97 Å². The maximum atomic E-state index is 14.6. The summed E-state index contributed by atoms with van der Waals surface area (Å²) < 4.78 is 11.9. The maximum Gasteiger partial charge on any atom is 0.326 e. The van der Waals surface area contributed by atoms with Crippen LogP contribution in [0.3, 0.4) is 0 Å². The predicted octanol–water partition coefficient (Wildman–Crippen LogP) is 3.92. The van der Waals surface area contributed by atoms with Gasteiger partial charge in [0.1, 0.15) is 12.6 Å². The van der Waals surface area contributed by atoms with Crippen molar-refractivity contribution in [1.82, 2.24) is 24.9 Å². The smallest absolute Gasteiger partial charge is 0.326 e. The first-order valence-corrected chi connectivity index (χ1v) is 23.8. The normalized spacial score (nSPS) is 20.3. The number of carboxylic acid groups (broad SMARTS) is 1. The molecule has 1 unspecified atom stereocenters. The topological polar surface area (TPSA) is 200 Å². The van der Waals surface area contributed by atoms with Crippen molar-refractivity contribution in [2.75, 3.05) is 47.7 Å². The highest BCUT2D eigenvalue weighted by molar-refractivity contribution is 8.00. The summed E-state index contributed by atoms with van der Waals surface area (Å²) in [7, 11) is 6.12. The van der Waals surface area contributed by atoms with E-state index in [0.29, 0.717) is 25.8 Å². The van der Waals surface area contributed by atoms with Crippen LogP contribution in [0.2, 0.25) is 0 Å². The SMILES string of the molecule is CC[C@H](C)[C@@H]([C@@H](CC(=O)N1CCC[C@H]1[C@H](OC)[C@@H](C)C(=O)N[C@@H](Cc1ccccc1)C(=O)O)OC)N(C)C(=O)[C@@H](CC(=O)[C@H](C(C)C)N(C)C(=O)CN1C(=O)CC(SC)C1=O)C(C)C. The van der Waals surface area contributed by atoms with Gasteiger partial charge in [0.25, 0.3) is 0 Å². The highest BCUT2D eigenvalue weighted by Crippen LogP contribution is 2.31. The average Bonchev–Trinajstić information content (AvgIpc) is 3.85. The number of carboxylic acids is 1. The van der Waals surface area contributed by atoms with Crippen LogP contribution in [0.25, 0.3) is 0 Å². The first-order valence-electron chi connectivity index (χ1n) is 22.5. The molecule has 10 atom stereocenters. The number of hydrogen-bond acceptors (Lipinski definition) is 11. The average molecular weight is 916 g/mol. The molecule has 2 N–H and O–H groups in total. The first kappa shape index (κ1) is 54.0. The summed E-state index contributed by atoms with van der Waals surface area (Å²) in [5, 5.41) is 12.1. The van der Waals surface area contributed by atoms with Crippen molar-refractivity contribution in [3.05, 3.63) is 35.9 Å². The molecule has 0 saturated carbocycles. The van der Waals surface area contributed by atoms with Crippen molar-refractivity contribution >= 4 is 59.0 Å². The standard InChI is InChI=1S/C47H73N5O11S/c1-13-29(6)42(50(9)45(58)32(27(2)3)23-35(53)41(28(4)5)49(8)40(56)26-52-39(55)25-37(64-12)46(52)59)36(62-10)24-38(54)51-21-17-20-34(51)43(63-11)30(7)44(57)48-33(47(60)61)22-31-18-15-14-16-19-31/h14-16,18-19,27-30,32-34,36-37,41-43H,13,17,20-26H2,1-12H3,(H,48,57)(H,60,61)/t29-,30+,32-,33-,34-,36+,37?,41-,42-,43+/m0/s1. The van der Waals surface area contributed by atoms with E-state index in [1.54, 1.807) is 68.1 Å². The fourth-order valence-corrected chi connectivity index (χ4v) is 9.94. The molecule has 0 aliphatic carbocycles. The monoisotopic (exact) mass is 916 g/mol. The number of ketones is 1. The Bertz CT molecular complexity index is 1800. The third-order valence-electron chi connectivity index (χ3n) is 13.3. The number of nitrogens with zero attached hydrogens (tertiary/aromatic N) is 4. The van der Waals surface area contributed by atoms with E-state index < -0.39 is 89.6 Å². The lowest BCUT2D eigenvalue weighted by Crippen LogP contribution is -2.55. The quantitative estimate of drug-likeness (QED) is 0.134. The second-order valence-electron chi connectivity index (χ2n) is 18.1. The van der Waals surface area contributed by atoms with Crippen LogP contribution in [0.5, 0.6) is 0 Å². The van der Waals surface area contributed by atoms with E-state index in [1.165, 1.54) is 37.9 Å². The molecule has 1 aromatic carbocycles. The lowest BCUT2D eigenvalue weighted by Gasteiger charge is -2.41. The number of aliphatic carboxylic acids is 1. The van der Waals surface area contributed by atoms with E-state index in [0.717, 1.165) is 10.5 Å². The Morgan fingerprint density at radius 3 is 2.08 bits per heavy atom. The molecule has 16 nitrogen and oxygen atoms in total. The number of likely N-dealkylation sites (N-methyl/N-ethyl adjacent to an activating group) is 2. The van der Waals surface area contributed by atoms with Gasteiger partial charge in [0.05, 0.1) is 47.9 Å². The summed E-state index contributed by atoms with van der Waals surface area (Å²) in [6.45, 7) is 12.9. The number of imide groups is 1. The molecule has 0 spiro atoms. The summed E-state index contributed by atoms with van der Waals surface area (Å²) in [5.74, 6) is -6.27. The van der Waals surface area contributed by atoms with E-state index in [2.05, 4.69) is 5.32 Å². The second kappa shape index (κ2) is 24.8. The van der Waals surface area contributed by atoms with Crippen molar-refractivity contribution in [3.63, 3.8) is 0 Å². The van der Waals surface area contributed by atoms with Crippen LogP contribution in [-0.2, 0) is 54.3 Å². The molecule has 6 amide bonds. The van der Waals surface area contributed by atoms with Crippen molar-refractivity contribution in [3.8, 4) is 0 Å². The molecule has 2 aliphatic rings. The van der Waals surface area contributed by atoms with Crippen molar-refractivity contribution < 1.29 is 52.9 Å². The van der Waals surface area contributed by atoms with Gasteiger partial charge in [-0.25, -0.2) is 4.79 Å². The number of nitrogens with one attached hydrogen (secondary N) is 1. The number of methoxy groups -OCH3 is 2. The lowest BCUT2D eigenvalue weighted by atomic mass is 9.83. The van der Waals surface area contributed by atoms with E-state index in [9.17, 15) is 43.5 Å². The summed E-state index contributed by atoms with van der Waals surface area (Å²) in [6, 6.07) is 5.89. The Morgan fingerprint density at radius 1 is 0.922 bits per heavy atom. The Hall–Kier alpha value is -4.35. The van der Waals surface area contributed by atoms with E-state index in [-0.39, 0.29) is 61.0 Å². The molecule has 1 aromatic rings. The van der Waals surface area contributed by atoms with Crippen LogP contribution in [0, 0.1) is 29.6 Å². The van der Waals surface area contributed by atoms with Crippen LogP contribution in [0.1, 0.15) is 92.6 Å². The molecule has 2 aliphatic heterocycles. The minimum Gasteiger partial charge on any atom is -0.480 e. The minimum atomic E-state index is -1.16. The van der Waals surface area contributed by atoms with Gasteiger partial charge in [-0.05, 0) is 42.4 Å². The molecular weight excluding hydrogens is 843 g/mol. The Labute approximate surface area is 383 Å². The van der Waals surface area contributed by atoms with Gasteiger partial charge in [-0.2, -0.15) is 11.8 Å². The summed E-state index contributed by atoms with van der Waals surface area (Å²) >= 11 is 1.25. The molecule has 0 aromatic heterocycles. The van der Waals surface area contributed by atoms with Crippen LogP contribution in [-0.4, -0.2) is 161 Å². The van der Waals surface area contributed by atoms with E-state index in [1.807, 2.05) is 33.8 Å². The van der Waals surface area contributed by atoms with Gasteiger partial charge in [0.2, 0.25) is 35.4 Å². The Balaban J connectivity index is 1.78. The lowest BCUT2D eigenvalue weighted by molar-refractivity contribution is -0.150. The molecule has 2 fully saturated rings. The van der Waals surface area contributed by atoms with Gasteiger partial charge in [0.15, 0.2) is 5.78 Å². The number of carbonyl (C=O) groups is 8. The van der Waals surface area contributed by atoms with E-state index in [4.69, 9.17) is 9.47 Å². The number of Topliss-reactive ketones (excluding diaryl/α,β-unsaturated/α-hetero) is 1. The molecule has 358 valence electrons. The Kier molecular flexibility index (Phi) is 20.9. The number of thioether (sulfide) groups is 1. The second-order valence-corrected chi connectivity index (χ2v) is 19.2. The summed E-state index contributed by atoms with van der Waals surface area (Å²) in [6.07, 6.45) is 2.00. The van der Waals surface area contributed by atoms with Gasteiger partial charge in [-0.3, -0.25) is 38.5 Å². The fraction of sp³-hybridized carbons (Fsp3) is 0.702. The largest absolute Gasteiger partial charge is 0.480 e. The van der Waals surface area contributed by atoms with Crippen LogP contribution in [0.4, 0.5) is 0 Å². The number of carbonyl (C=O) groups excluding carboxylic acids is 7. The van der Waals surface area contributed by atoms with Crippen molar-refractivity contribution in [2.45, 2.75) is 135 Å². The molecule has 3 rings (SSSR count). The number of amides is 6. The highest BCUT2D eigenvalue weighted by atomic mass is 32.2. The third kappa shape index (κ3) is 13.4. The third-order valence-corrected chi connectivity index (χ3v) is 14.2. The molecular formula is C47H73N5O11S. The highest BCUT2D eigenvalue weighted by Gasteiger charge is 2.45. The number of hydrogen-bond donors (Lipinski definition) is 2. The van der Waals surface area contributed by atoms with Crippen LogP contribution in [0.15, 0.2) is 30.3 Å². The number of ether oxygens (including phenoxy) is 2. The molecule has 2 saturated heterocycles. The van der Waals surface area contributed by atoms with Crippen molar-refractivity contribution in [1.29, 1.82) is 0 Å². The molecule has 0 radical (unpaired) electrons. The summed E-state index contributed by atoms with van der Waals surface area (Å²) in [5.41, 5.74) is 0.761. The maximum absolute atomic E-state index is 14.6. The number of rotatable bonds is 25. The van der Waals surface area contributed by atoms with Crippen LogP contribution >= 0.6 is 11.8 Å². The minimum absolute atomic E-state index is 0.0193. The zero-order chi connectivity index (χ0) is 48.2.